The molecule has 1 amide bonds. The van der Waals surface area contributed by atoms with Gasteiger partial charge in [0.25, 0.3) is 0 Å². The second-order valence-corrected chi connectivity index (χ2v) is 4.34. The lowest BCUT2D eigenvalue weighted by Gasteiger charge is -2.39. The second-order valence-electron chi connectivity index (χ2n) is 4.34. The molecule has 2 N–H and O–H groups in total. The number of rotatable bonds is 4. The molecule has 4 heteroatoms. The fourth-order valence-corrected chi connectivity index (χ4v) is 2.01. The maximum absolute atomic E-state index is 11.9. The van der Waals surface area contributed by atoms with Crippen LogP contribution in [0.25, 0.3) is 0 Å². The molecular weight excluding hydrogens is 190 g/mol. The Morgan fingerprint density at radius 2 is 2.20 bits per heavy atom. The minimum Gasteiger partial charge on any atom is -0.336 e. The minimum absolute atomic E-state index is 0.216. The van der Waals surface area contributed by atoms with E-state index in [4.69, 9.17) is 5.73 Å². The maximum Gasteiger partial charge on any atom is 0.222 e. The summed E-state index contributed by atoms with van der Waals surface area (Å²) in [6.45, 7) is 5.39. The first-order valence-electron chi connectivity index (χ1n) is 5.87. The molecule has 1 aliphatic rings. The van der Waals surface area contributed by atoms with Crippen molar-refractivity contribution in [3.05, 3.63) is 0 Å². The number of hydrogen-bond donors (Lipinski definition) is 1. The van der Waals surface area contributed by atoms with Crippen molar-refractivity contribution in [3.8, 4) is 0 Å². The van der Waals surface area contributed by atoms with Crippen LogP contribution in [0.4, 0.5) is 0 Å². The predicted octanol–water partition coefficient (Wildman–Crippen LogP) is 0.278. The zero-order chi connectivity index (χ0) is 11.3. The smallest absolute Gasteiger partial charge is 0.222 e. The molecule has 1 atom stereocenters. The fraction of sp³-hybridized carbons (Fsp3) is 0.909. The highest BCUT2D eigenvalue weighted by Gasteiger charge is 2.27. The third-order valence-corrected chi connectivity index (χ3v) is 3.02. The summed E-state index contributed by atoms with van der Waals surface area (Å²) in [7, 11) is 2.08. The SMILES string of the molecule is CCCCC(=O)N1CCN(C)CC1CN. The van der Waals surface area contributed by atoms with E-state index in [0.717, 1.165) is 32.5 Å². The highest BCUT2D eigenvalue weighted by atomic mass is 16.2. The number of nitrogens with zero attached hydrogens (tertiary/aromatic N) is 2. The van der Waals surface area contributed by atoms with E-state index in [0.29, 0.717) is 13.0 Å². The van der Waals surface area contributed by atoms with Crippen molar-refractivity contribution in [1.82, 2.24) is 9.80 Å². The van der Waals surface area contributed by atoms with Gasteiger partial charge >= 0.3 is 0 Å². The standard InChI is InChI=1S/C11H23N3O/c1-3-4-5-11(15)14-7-6-13(2)9-10(14)8-12/h10H,3-9,12H2,1-2H3. The Balaban J connectivity index is 2.47. The molecule has 0 aromatic heterocycles. The maximum atomic E-state index is 11.9. The van der Waals surface area contributed by atoms with Crippen molar-refractivity contribution in [3.63, 3.8) is 0 Å². The second kappa shape index (κ2) is 6.08. The van der Waals surface area contributed by atoms with Crippen LogP contribution in [0.3, 0.4) is 0 Å². The minimum atomic E-state index is 0.216. The van der Waals surface area contributed by atoms with E-state index in [1.807, 2.05) is 4.90 Å². The van der Waals surface area contributed by atoms with Crippen LogP contribution in [0.5, 0.6) is 0 Å². The van der Waals surface area contributed by atoms with E-state index < -0.39 is 0 Å². The summed E-state index contributed by atoms with van der Waals surface area (Å²) >= 11 is 0. The summed E-state index contributed by atoms with van der Waals surface area (Å²) in [5.74, 6) is 0.278. The van der Waals surface area contributed by atoms with Crippen molar-refractivity contribution in [2.75, 3.05) is 33.2 Å². The van der Waals surface area contributed by atoms with Gasteiger partial charge in [0.05, 0.1) is 6.04 Å². The van der Waals surface area contributed by atoms with Crippen molar-refractivity contribution >= 4 is 5.91 Å². The summed E-state index contributed by atoms with van der Waals surface area (Å²) in [4.78, 5) is 16.1. The molecule has 1 saturated heterocycles. The third-order valence-electron chi connectivity index (χ3n) is 3.02. The molecule has 0 spiro atoms. The molecule has 1 fully saturated rings. The van der Waals surface area contributed by atoms with Gasteiger partial charge in [0.15, 0.2) is 0 Å². The molecule has 0 bridgehead atoms. The van der Waals surface area contributed by atoms with E-state index in [-0.39, 0.29) is 11.9 Å². The van der Waals surface area contributed by atoms with Gasteiger partial charge in [0.1, 0.15) is 0 Å². The summed E-state index contributed by atoms with van der Waals surface area (Å²) in [6.07, 6.45) is 2.74. The van der Waals surface area contributed by atoms with Gasteiger partial charge in [-0.15, -0.1) is 0 Å². The molecule has 1 heterocycles. The van der Waals surface area contributed by atoms with Crippen LogP contribution in [0.1, 0.15) is 26.2 Å². The highest BCUT2D eigenvalue weighted by molar-refractivity contribution is 5.76. The lowest BCUT2D eigenvalue weighted by atomic mass is 10.1. The number of carbonyl (C=O) groups is 1. The first kappa shape index (κ1) is 12.5. The Kier molecular flexibility index (Phi) is 5.05. The van der Waals surface area contributed by atoms with Crippen molar-refractivity contribution in [2.45, 2.75) is 32.2 Å². The molecular formula is C11H23N3O. The molecule has 0 aromatic carbocycles. The van der Waals surface area contributed by atoms with Gasteiger partial charge < -0.3 is 15.5 Å². The first-order chi connectivity index (χ1) is 7.19. The van der Waals surface area contributed by atoms with E-state index in [1.165, 1.54) is 0 Å². The van der Waals surface area contributed by atoms with Gasteiger partial charge in [-0.3, -0.25) is 4.79 Å². The van der Waals surface area contributed by atoms with Crippen LogP contribution < -0.4 is 5.73 Å². The number of nitrogens with two attached hydrogens (primary N) is 1. The molecule has 0 aliphatic carbocycles. The first-order valence-corrected chi connectivity index (χ1v) is 5.87. The summed E-state index contributed by atoms with van der Waals surface area (Å²) in [6, 6.07) is 0.216. The zero-order valence-corrected chi connectivity index (χ0v) is 9.91. The monoisotopic (exact) mass is 213 g/mol. The quantitative estimate of drug-likeness (QED) is 0.729. The normalized spacial score (nSPS) is 23.1. The molecule has 1 aliphatic heterocycles. The van der Waals surface area contributed by atoms with Gasteiger partial charge in [-0.2, -0.15) is 0 Å². The number of hydrogen-bond acceptors (Lipinski definition) is 3. The van der Waals surface area contributed by atoms with Crippen LogP contribution in [-0.4, -0.2) is 55.0 Å². The van der Waals surface area contributed by atoms with E-state index in [1.54, 1.807) is 0 Å². The molecule has 1 unspecified atom stereocenters. The third kappa shape index (κ3) is 3.47. The molecule has 0 aromatic rings. The van der Waals surface area contributed by atoms with Gasteiger partial charge in [0.2, 0.25) is 5.91 Å². The highest BCUT2D eigenvalue weighted by Crippen LogP contribution is 2.10. The number of likely N-dealkylation sites (N-methyl/N-ethyl adjacent to an activating group) is 1. The van der Waals surface area contributed by atoms with Crippen molar-refractivity contribution < 1.29 is 4.79 Å². The molecule has 4 nitrogen and oxygen atoms in total. The Morgan fingerprint density at radius 1 is 1.47 bits per heavy atom. The summed E-state index contributed by atoms with van der Waals surface area (Å²) < 4.78 is 0. The topological polar surface area (TPSA) is 49.6 Å². The van der Waals surface area contributed by atoms with Gasteiger partial charge in [0, 0.05) is 32.6 Å². The Bertz CT molecular complexity index is 208. The van der Waals surface area contributed by atoms with Crippen LogP contribution in [0.2, 0.25) is 0 Å². The van der Waals surface area contributed by atoms with Crippen molar-refractivity contribution in [1.29, 1.82) is 0 Å². The fourth-order valence-electron chi connectivity index (χ4n) is 2.01. The van der Waals surface area contributed by atoms with Gasteiger partial charge in [-0.1, -0.05) is 13.3 Å². The Labute approximate surface area is 92.4 Å². The summed E-state index contributed by atoms with van der Waals surface area (Å²) in [5.41, 5.74) is 5.70. The lowest BCUT2D eigenvalue weighted by molar-refractivity contribution is -0.135. The Morgan fingerprint density at radius 3 is 2.80 bits per heavy atom. The largest absolute Gasteiger partial charge is 0.336 e. The van der Waals surface area contributed by atoms with E-state index >= 15 is 0 Å². The number of piperazine rings is 1. The summed E-state index contributed by atoms with van der Waals surface area (Å²) in [5, 5.41) is 0. The van der Waals surface area contributed by atoms with Gasteiger partial charge in [-0.25, -0.2) is 0 Å². The number of amides is 1. The van der Waals surface area contributed by atoms with Crippen LogP contribution in [-0.2, 0) is 4.79 Å². The molecule has 0 radical (unpaired) electrons. The van der Waals surface area contributed by atoms with Gasteiger partial charge in [-0.05, 0) is 13.5 Å². The average Bonchev–Trinajstić information content (AvgIpc) is 2.25. The Hall–Kier alpha value is -0.610. The van der Waals surface area contributed by atoms with Crippen LogP contribution in [0.15, 0.2) is 0 Å². The molecule has 88 valence electrons. The van der Waals surface area contributed by atoms with E-state index in [2.05, 4.69) is 18.9 Å². The molecule has 15 heavy (non-hydrogen) atoms. The molecule has 0 saturated carbocycles. The van der Waals surface area contributed by atoms with E-state index in [9.17, 15) is 4.79 Å². The predicted molar refractivity (Wildman–Crippen MR) is 61.6 cm³/mol. The number of unbranched alkanes of at least 4 members (excludes halogenated alkanes) is 1. The average molecular weight is 213 g/mol. The lowest BCUT2D eigenvalue weighted by Crippen LogP contribution is -2.56. The van der Waals surface area contributed by atoms with Crippen LogP contribution in [0, 0.1) is 0 Å². The van der Waals surface area contributed by atoms with Crippen LogP contribution >= 0.6 is 0 Å². The molecule has 1 rings (SSSR count). The zero-order valence-electron chi connectivity index (χ0n) is 9.91. The van der Waals surface area contributed by atoms with Crippen molar-refractivity contribution in [2.24, 2.45) is 5.73 Å². The number of carbonyl (C=O) groups excluding carboxylic acids is 1.